The number of unbranched alkanes of at least 4 members (excludes halogenated alkanes) is 2. The predicted octanol–water partition coefficient (Wildman–Crippen LogP) is 7.53. The van der Waals surface area contributed by atoms with Gasteiger partial charge in [-0.1, -0.05) is 61.8 Å². The van der Waals surface area contributed by atoms with Crippen molar-refractivity contribution in [3.63, 3.8) is 0 Å². The Labute approximate surface area is 237 Å². The molecule has 8 heteroatoms. The van der Waals surface area contributed by atoms with Crippen molar-refractivity contribution in [3.05, 3.63) is 77.4 Å². The number of phenols is 1. The van der Waals surface area contributed by atoms with Gasteiger partial charge in [-0.2, -0.15) is 0 Å². The Hall–Kier alpha value is -2.86. The quantitative estimate of drug-likeness (QED) is 0.0929. The van der Waals surface area contributed by atoms with Gasteiger partial charge in [-0.05, 0) is 94.5 Å². The van der Waals surface area contributed by atoms with Crippen LogP contribution in [-0.2, 0) is 20.3 Å². The van der Waals surface area contributed by atoms with E-state index in [4.69, 9.17) is 13.8 Å². The van der Waals surface area contributed by atoms with Crippen LogP contribution in [0.2, 0.25) is 0 Å². The molecule has 4 rings (SSSR count). The highest BCUT2D eigenvalue weighted by Gasteiger charge is 2.51. The molecular weight excluding hydrogens is 527 g/mol. The van der Waals surface area contributed by atoms with Crippen LogP contribution in [0.25, 0.3) is 0 Å². The molecule has 7 nitrogen and oxygen atoms in total. The number of ether oxygens (including phenoxy) is 1. The lowest BCUT2D eigenvalue weighted by atomic mass is 9.73. The monoisotopic (exact) mass is 567 g/mol. The first-order chi connectivity index (χ1) is 19.0. The molecule has 0 saturated heterocycles. The van der Waals surface area contributed by atoms with Crippen molar-refractivity contribution in [2.75, 3.05) is 0 Å². The minimum atomic E-state index is -4.89. The van der Waals surface area contributed by atoms with Gasteiger partial charge in [-0.15, -0.1) is 0 Å². The molecule has 2 aliphatic carbocycles. The molecule has 1 saturated carbocycles. The highest BCUT2D eigenvalue weighted by molar-refractivity contribution is 7.46. The SMILES string of the molecule is C=C(C)[C@@H]1CCC(C)=C[C@H]1c1c(O)cc(CCCCC)cc1OC(=O)C1(OP(=O)([O-])Oc2ccccc2)CCC1. The number of aryl methyl sites for hydroxylation is 1. The Kier molecular flexibility index (Phi) is 9.60. The number of rotatable bonds is 12. The third-order valence-corrected chi connectivity index (χ3v) is 8.95. The van der Waals surface area contributed by atoms with Gasteiger partial charge >= 0.3 is 13.8 Å². The maximum Gasteiger partial charge on any atom is 0.344 e. The van der Waals surface area contributed by atoms with Crippen molar-refractivity contribution in [1.82, 2.24) is 0 Å². The van der Waals surface area contributed by atoms with Crippen molar-refractivity contribution in [2.45, 2.75) is 90.1 Å². The molecular formula is C32H40O7P-. The molecule has 0 spiro atoms. The molecule has 0 bridgehead atoms. The normalized spacial score (nSPS) is 21.4. The van der Waals surface area contributed by atoms with E-state index < -0.39 is 19.4 Å². The molecule has 1 fully saturated rings. The summed E-state index contributed by atoms with van der Waals surface area (Å²) in [4.78, 5) is 26.5. The fourth-order valence-corrected chi connectivity index (χ4v) is 6.69. The number of hydrogen-bond acceptors (Lipinski definition) is 7. The number of aromatic hydroxyl groups is 1. The van der Waals surface area contributed by atoms with Crippen LogP contribution in [0, 0.1) is 5.92 Å². The molecule has 216 valence electrons. The topological polar surface area (TPSA) is 105 Å². The van der Waals surface area contributed by atoms with Gasteiger partial charge in [0, 0.05) is 11.5 Å². The minimum absolute atomic E-state index is 0.0597. The zero-order valence-electron chi connectivity index (χ0n) is 23.7. The molecule has 40 heavy (non-hydrogen) atoms. The number of allylic oxidation sites excluding steroid dienone is 3. The number of carbonyl (C=O) groups is 1. The standard InChI is InChI=1S/C32H41O7P/c1-5-6-8-12-24-20-28(33)30(27-19-23(4)15-16-26(27)22(2)3)29(21-24)37-31(34)32(17-11-18-32)39-40(35,36)38-25-13-9-7-10-14-25/h7,9-10,13-14,19-21,26-27,33H,2,5-6,8,11-12,15-18H2,1,3-4H3,(H,35,36)/p-1/t26-,27+/m0/s1. The molecule has 3 atom stereocenters. The Morgan fingerprint density at radius 2 is 1.93 bits per heavy atom. The van der Waals surface area contributed by atoms with Crippen LogP contribution in [0.3, 0.4) is 0 Å². The molecule has 0 heterocycles. The van der Waals surface area contributed by atoms with E-state index in [1.807, 2.05) is 6.92 Å². The second kappa shape index (κ2) is 12.8. The fourth-order valence-electron chi connectivity index (χ4n) is 5.58. The third-order valence-electron chi connectivity index (χ3n) is 7.95. The molecule has 0 aliphatic heterocycles. The first-order valence-electron chi connectivity index (χ1n) is 14.2. The van der Waals surface area contributed by atoms with Crippen molar-refractivity contribution < 1.29 is 33.1 Å². The Morgan fingerprint density at radius 1 is 1.20 bits per heavy atom. The molecule has 0 aromatic heterocycles. The lowest BCUT2D eigenvalue weighted by Crippen LogP contribution is -2.50. The lowest BCUT2D eigenvalue weighted by Gasteiger charge is -2.42. The Bertz CT molecular complexity index is 1300. The summed E-state index contributed by atoms with van der Waals surface area (Å²) in [6, 6.07) is 11.6. The Morgan fingerprint density at radius 3 is 2.55 bits per heavy atom. The van der Waals surface area contributed by atoms with E-state index >= 15 is 0 Å². The average molecular weight is 568 g/mol. The number of phosphoric ester groups is 1. The van der Waals surface area contributed by atoms with Crippen molar-refractivity contribution in [3.8, 4) is 17.2 Å². The smallest absolute Gasteiger partial charge is 0.344 e. The summed E-state index contributed by atoms with van der Waals surface area (Å²) in [6.07, 6.45) is 8.64. The van der Waals surface area contributed by atoms with E-state index in [9.17, 15) is 19.4 Å². The third kappa shape index (κ3) is 7.06. The van der Waals surface area contributed by atoms with Crippen LogP contribution in [-0.4, -0.2) is 16.7 Å². The zero-order chi connectivity index (χ0) is 28.9. The van der Waals surface area contributed by atoms with Crippen LogP contribution in [0.15, 0.2) is 66.3 Å². The summed E-state index contributed by atoms with van der Waals surface area (Å²) in [5.74, 6) is -0.581. The van der Waals surface area contributed by atoms with E-state index in [0.717, 1.165) is 49.7 Å². The fraction of sp³-hybridized carbons (Fsp3) is 0.469. The number of phosphoric acid groups is 1. The van der Waals surface area contributed by atoms with E-state index in [0.29, 0.717) is 12.0 Å². The summed E-state index contributed by atoms with van der Waals surface area (Å²) in [5.41, 5.74) is 1.87. The molecule has 2 aromatic carbocycles. The van der Waals surface area contributed by atoms with Gasteiger partial charge in [0.15, 0.2) is 5.60 Å². The second-order valence-corrected chi connectivity index (χ2v) is 12.5. The number of carbonyl (C=O) groups excluding carboxylic acids is 1. The molecule has 1 N–H and O–H groups in total. The van der Waals surface area contributed by atoms with Gasteiger partial charge < -0.3 is 19.3 Å². The minimum Gasteiger partial charge on any atom is -0.746 e. The number of para-hydroxylation sites is 1. The van der Waals surface area contributed by atoms with Gasteiger partial charge in [0.1, 0.15) is 17.2 Å². The number of benzene rings is 2. The number of hydrogen-bond donors (Lipinski definition) is 1. The van der Waals surface area contributed by atoms with Gasteiger partial charge in [-0.3, -0.25) is 9.09 Å². The Balaban J connectivity index is 1.67. The molecule has 1 unspecified atom stereocenters. The second-order valence-electron chi connectivity index (χ2n) is 11.2. The van der Waals surface area contributed by atoms with Crippen LogP contribution >= 0.6 is 7.82 Å². The summed E-state index contributed by atoms with van der Waals surface area (Å²) in [7, 11) is -4.89. The molecule has 0 amide bonds. The van der Waals surface area contributed by atoms with E-state index in [1.54, 1.807) is 30.3 Å². The zero-order valence-corrected chi connectivity index (χ0v) is 24.6. The van der Waals surface area contributed by atoms with E-state index in [-0.39, 0.29) is 41.9 Å². The summed E-state index contributed by atoms with van der Waals surface area (Å²) in [6.45, 7) is 10.3. The summed E-state index contributed by atoms with van der Waals surface area (Å²) < 4.78 is 29.3. The maximum absolute atomic E-state index is 13.7. The van der Waals surface area contributed by atoms with Gasteiger partial charge in [0.2, 0.25) is 0 Å². The number of esters is 1. The van der Waals surface area contributed by atoms with Crippen molar-refractivity contribution in [1.29, 1.82) is 0 Å². The largest absolute Gasteiger partial charge is 0.746 e. The first-order valence-corrected chi connectivity index (χ1v) is 15.7. The highest BCUT2D eigenvalue weighted by Crippen LogP contribution is 2.52. The van der Waals surface area contributed by atoms with Crippen LogP contribution in [0.4, 0.5) is 0 Å². The average Bonchev–Trinajstić information content (AvgIpc) is 2.86. The molecule has 2 aromatic rings. The van der Waals surface area contributed by atoms with Crippen molar-refractivity contribution in [2.24, 2.45) is 5.92 Å². The lowest BCUT2D eigenvalue weighted by molar-refractivity contribution is -0.235. The van der Waals surface area contributed by atoms with E-state index in [1.165, 1.54) is 17.7 Å². The van der Waals surface area contributed by atoms with Crippen LogP contribution < -0.4 is 14.2 Å². The van der Waals surface area contributed by atoms with Crippen molar-refractivity contribution >= 4 is 13.8 Å². The summed E-state index contributed by atoms with van der Waals surface area (Å²) in [5, 5.41) is 11.3. The summed E-state index contributed by atoms with van der Waals surface area (Å²) >= 11 is 0. The predicted molar refractivity (Wildman–Crippen MR) is 153 cm³/mol. The van der Waals surface area contributed by atoms with Crippen LogP contribution in [0.1, 0.15) is 89.2 Å². The van der Waals surface area contributed by atoms with Gasteiger partial charge in [-0.25, -0.2) is 4.79 Å². The van der Waals surface area contributed by atoms with Crippen LogP contribution in [0.5, 0.6) is 17.2 Å². The number of phenolic OH excluding ortho intramolecular Hbond substituents is 1. The molecule has 0 radical (unpaired) electrons. The van der Waals surface area contributed by atoms with Gasteiger partial charge in [0.05, 0.1) is 0 Å². The maximum atomic E-state index is 13.7. The highest BCUT2D eigenvalue weighted by atomic mass is 31.2. The molecule has 2 aliphatic rings. The van der Waals surface area contributed by atoms with Gasteiger partial charge in [0.25, 0.3) is 0 Å². The van der Waals surface area contributed by atoms with E-state index in [2.05, 4.69) is 26.5 Å². The first kappa shape index (κ1) is 30.1.